The number of ether oxygens (including phenoxy) is 1. The maximum atomic E-state index is 11.8. The second-order valence-electron chi connectivity index (χ2n) is 5.59. The Balaban J connectivity index is 2.79. The summed E-state index contributed by atoms with van der Waals surface area (Å²) >= 11 is 0. The molecule has 0 aliphatic carbocycles. The molecule has 0 spiro atoms. The van der Waals surface area contributed by atoms with Gasteiger partial charge in [0.15, 0.2) is 12.0 Å². The van der Waals surface area contributed by atoms with Crippen LogP contribution < -0.4 is 5.32 Å². The first-order chi connectivity index (χ1) is 8.73. The highest BCUT2D eigenvalue weighted by Gasteiger charge is 2.26. The Bertz CT molecular complexity index is 446. The molecule has 0 fully saturated rings. The average Bonchev–Trinajstić information content (AvgIpc) is 2.71. The monoisotopic (exact) mass is 268 g/mol. The third-order valence-corrected chi connectivity index (χ3v) is 2.26. The molecule has 0 unspecified atom stereocenters. The van der Waals surface area contributed by atoms with Crippen LogP contribution in [0.5, 0.6) is 0 Å². The minimum Gasteiger partial charge on any atom is -0.444 e. The molecule has 1 amide bonds. The quantitative estimate of drug-likeness (QED) is 0.849. The van der Waals surface area contributed by atoms with Gasteiger partial charge in [0.05, 0.1) is 6.20 Å². The van der Waals surface area contributed by atoms with Crippen LogP contribution in [0.1, 0.15) is 57.1 Å². The van der Waals surface area contributed by atoms with Crippen molar-refractivity contribution in [2.75, 3.05) is 0 Å². The van der Waals surface area contributed by atoms with E-state index in [4.69, 9.17) is 9.15 Å². The third kappa shape index (κ3) is 4.73. The van der Waals surface area contributed by atoms with Crippen molar-refractivity contribution in [2.45, 2.75) is 46.3 Å². The normalized spacial score (nSPS) is 13.2. The Labute approximate surface area is 112 Å². The summed E-state index contributed by atoms with van der Waals surface area (Å²) in [6, 6.07) is -0.441. The summed E-state index contributed by atoms with van der Waals surface area (Å²) in [7, 11) is 0. The Hall–Kier alpha value is -1.85. The smallest absolute Gasteiger partial charge is 0.408 e. The van der Waals surface area contributed by atoms with Gasteiger partial charge >= 0.3 is 6.09 Å². The number of aldehydes is 1. The topological polar surface area (TPSA) is 81.4 Å². The van der Waals surface area contributed by atoms with Crippen LogP contribution in [-0.4, -0.2) is 23.0 Å². The van der Waals surface area contributed by atoms with Gasteiger partial charge in [-0.2, -0.15) is 0 Å². The molecule has 0 radical (unpaired) electrons. The van der Waals surface area contributed by atoms with E-state index in [-0.39, 0.29) is 11.7 Å². The first-order valence-electron chi connectivity index (χ1n) is 6.13. The van der Waals surface area contributed by atoms with Crippen molar-refractivity contribution in [3.05, 3.63) is 17.8 Å². The predicted molar refractivity (Wildman–Crippen MR) is 68.8 cm³/mol. The van der Waals surface area contributed by atoms with Crippen molar-refractivity contribution < 1.29 is 18.7 Å². The zero-order valence-corrected chi connectivity index (χ0v) is 11.9. The van der Waals surface area contributed by atoms with Crippen LogP contribution in [0.3, 0.4) is 0 Å². The maximum absolute atomic E-state index is 11.8. The molecule has 1 rings (SSSR count). The summed E-state index contributed by atoms with van der Waals surface area (Å²) in [5.41, 5.74) is -0.573. The number of carbonyl (C=O) groups excluding carboxylic acids is 2. The molecule has 1 aromatic rings. The van der Waals surface area contributed by atoms with Gasteiger partial charge in [0, 0.05) is 0 Å². The molecular weight excluding hydrogens is 248 g/mol. The molecule has 0 aromatic carbocycles. The van der Waals surface area contributed by atoms with Crippen LogP contribution in [0.2, 0.25) is 0 Å². The van der Waals surface area contributed by atoms with E-state index in [1.165, 1.54) is 6.20 Å². The van der Waals surface area contributed by atoms with Crippen molar-refractivity contribution in [1.82, 2.24) is 10.3 Å². The lowest BCUT2D eigenvalue weighted by Crippen LogP contribution is -2.37. The standard InChI is InChI=1S/C13H20N2O4/c1-8(2)10(11-14-6-9(7-16)18-11)15-12(17)19-13(3,4)5/h6-8,10H,1-5H3,(H,15,17)/t10-/m1/s1. The minimum atomic E-state index is -0.573. The lowest BCUT2D eigenvalue weighted by molar-refractivity contribution is 0.0479. The van der Waals surface area contributed by atoms with E-state index in [2.05, 4.69) is 10.3 Å². The number of nitrogens with one attached hydrogen (secondary N) is 1. The zero-order valence-electron chi connectivity index (χ0n) is 11.9. The highest BCUT2D eigenvalue weighted by molar-refractivity contribution is 5.70. The summed E-state index contributed by atoms with van der Waals surface area (Å²) in [5, 5.41) is 2.69. The largest absolute Gasteiger partial charge is 0.444 e. The number of hydrogen-bond donors (Lipinski definition) is 1. The van der Waals surface area contributed by atoms with Gasteiger partial charge in [-0.3, -0.25) is 4.79 Å². The molecule has 1 aromatic heterocycles. The van der Waals surface area contributed by atoms with Crippen LogP contribution in [0.4, 0.5) is 4.79 Å². The van der Waals surface area contributed by atoms with E-state index in [1.54, 1.807) is 20.8 Å². The average molecular weight is 268 g/mol. The van der Waals surface area contributed by atoms with E-state index >= 15 is 0 Å². The van der Waals surface area contributed by atoms with Gasteiger partial charge in [-0.05, 0) is 26.7 Å². The first kappa shape index (κ1) is 15.2. The van der Waals surface area contributed by atoms with Crippen LogP contribution in [0, 0.1) is 5.92 Å². The maximum Gasteiger partial charge on any atom is 0.408 e. The fourth-order valence-electron chi connectivity index (χ4n) is 1.45. The van der Waals surface area contributed by atoms with Gasteiger partial charge in [0.2, 0.25) is 5.89 Å². The molecule has 19 heavy (non-hydrogen) atoms. The summed E-state index contributed by atoms with van der Waals surface area (Å²) in [6.07, 6.45) is 1.35. The molecule has 0 aliphatic heterocycles. The van der Waals surface area contributed by atoms with Crippen molar-refractivity contribution in [1.29, 1.82) is 0 Å². The molecule has 0 aliphatic rings. The van der Waals surface area contributed by atoms with Crippen molar-refractivity contribution in [3.8, 4) is 0 Å². The molecule has 1 N–H and O–H groups in total. The number of carbonyl (C=O) groups is 2. The SMILES string of the molecule is CC(C)[C@@H](NC(=O)OC(C)(C)C)c1ncc(C=O)o1. The predicted octanol–water partition coefficient (Wildman–Crippen LogP) is 2.71. The molecule has 1 heterocycles. The summed E-state index contributed by atoms with van der Waals surface area (Å²) in [5.74, 6) is 0.472. The Morgan fingerprint density at radius 1 is 1.47 bits per heavy atom. The molecule has 6 heteroatoms. The Kier molecular flexibility index (Phi) is 4.69. The van der Waals surface area contributed by atoms with Gasteiger partial charge in [-0.1, -0.05) is 13.8 Å². The van der Waals surface area contributed by atoms with E-state index in [1.807, 2.05) is 13.8 Å². The van der Waals surface area contributed by atoms with Crippen molar-refractivity contribution in [3.63, 3.8) is 0 Å². The van der Waals surface area contributed by atoms with Gasteiger partial charge < -0.3 is 14.5 Å². The second kappa shape index (κ2) is 5.86. The highest BCUT2D eigenvalue weighted by atomic mass is 16.6. The number of rotatable bonds is 4. The molecule has 106 valence electrons. The van der Waals surface area contributed by atoms with Crippen LogP contribution in [0.15, 0.2) is 10.6 Å². The summed E-state index contributed by atoms with van der Waals surface area (Å²) in [4.78, 5) is 26.3. The number of nitrogens with zero attached hydrogens (tertiary/aromatic N) is 1. The molecule has 1 atom stereocenters. The third-order valence-electron chi connectivity index (χ3n) is 2.26. The minimum absolute atomic E-state index is 0.0469. The molecular formula is C13H20N2O4. The summed E-state index contributed by atoms with van der Waals surface area (Å²) < 4.78 is 10.4. The van der Waals surface area contributed by atoms with Gasteiger partial charge in [-0.15, -0.1) is 0 Å². The van der Waals surface area contributed by atoms with Crippen molar-refractivity contribution in [2.24, 2.45) is 5.92 Å². The highest BCUT2D eigenvalue weighted by Crippen LogP contribution is 2.21. The Morgan fingerprint density at radius 3 is 2.53 bits per heavy atom. The molecule has 0 bridgehead atoms. The van der Waals surface area contributed by atoms with E-state index in [9.17, 15) is 9.59 Å². The van der Waals surface area contributed by atoms with Crippen molar-refractivity contribution >= 4 is 12.4 Å². The van der Waals surface area contributed by atoms with E-state index in [0.29, 0.717) is 12.2 Å². The Morgan fingerprint density at radius 2 is 2.11 bits per heavy atom. The number of alkyl carbamates (subject to hydrolysis) is 1. The lowest BCUT2D eigenvalue weighted by atomic mass is 10.1. The number of amides is 1. The van der Waals surface area contributed by atoms with Crippen LogP contribution in [-0.2, 0) is 4.74 Å². The first-order valence-corrected chi connectivity index (χ1v) is 6.13. The lowest BCUT2D eigenvalue weighted by Gasteiger charge is -2.24. The van der Waals surface area contributed by atoms with Crippen LogP contribution >= 0.6 is 0 Å². The van der Waals surface area contributed by atoms with Gasteiger partial charge in [0.1, 0.15) is 11.6 Å². The number of hydrogen-bond acceptors (Lipinski definition) is 5. The molecule has 6 nitrogen and oxygen atoms in total. The van der Waals surface area contributed by atoms with Gasteiger partial charge in [0.25, 0.3) is 0 Å². The number of oxazole rings is 1. The van der Waals surface area contributed by atoms with Crippen LogP contribution in [0.25, 0.3) is 0 Å². The fraction of sp³-hybridized carbons (Fsp3) is 0.615. The van der Waals surface area contributed by atoms with E-state index in [0.717, 1.165) is 0 Å². The zero-order chi connectivity index (χ0) is 14.6. The molecule has 0 saturated carbocycles. The van der Waals surface area contributed by atoms with E-state index < -0.39 is 17.7 Å². The second-order valence-corrected chi connectivity index (χ2v) is 5.59. The van der Waals surface area contributed by atoms with Gasteiger partial charge in [-0.25, -0.2) is 9.78 Å². The number of aromatic nitrogens is 1. The molecule has 0 saturated heterocycles. The fourth-order valence-corrected chi connectivity index (χ4v) is 1.45. The summed E-state index contributed by atoms with van der Waals surface area (Å²) in [6.45, 7) is 9.17.